The maximum atomic E-state index is 12.5. The molecular formula is C14H22N2O5. The Morgan fingerprint density at radius 2 is 1.86 bits per heavy atom. The highest BCUT2D eigenvalue weighted by Crippen LogP contribution is 2.40. The van der Waals surface area contributed by atoms with Crippen molar-refractivity contribution in [3.8, 4) is 0 Å². The van der Waals surface area contributed by atoms with Gasteiger partial charge in [0, 0.05) is 12.5 Å². The molecule has 1 saturated heterocycles. The van der Waals surface area contributed by atoms with E-state index in [0.717, 1.165) is 25.7 Å². The first kappa shape index (κ1) is 15.8. The summed E-state index contributed by atoms with van der Waals surface area (Å²) in [6.45, 7) is 0. The molecule has 1 amide bonds. The quantitative estimate of drug-likeness (QED) is 0.676. The summed E-state index contributed by atoms with van der Waals surface area (Å²) in [6, 6.07) is -1.81. The van der Waals surface area contributed by atoms with Crippen molar-refractivity contribution in [1.82, 2.24) is 4.90 Å². The van der Waals surface area contributed by atoms with Gasteiger partial charge in [-0.05, 0) is 31.6 Å². The number of carboxylic acids is 2. The third kappa shape index (κ3) is 3.34. The summed E-state index contributed by atoms with van der Waals surface area (Å²) >= 11 is 0. The third-order valence-electron chi connectivity index (χ3n) is 4.61. The summed E-state index contributed by atoms with van der Waals surface area (Å²) in [4.78, 5) is 35.9. The Labute approximate surface area is 123 Å². The third-order valence-corrected chi connectivity index (χ3v) is 4.61. The van der Waals surface area contributed by atoms with Gasteiger partial charge in [-0.1, -0.05) is 12.8 Å². The van der Waals surface area contributed by atoms with Crippen LogP contribution in [0.1, 0.15) is 44.9 Å². The molecule has 1 aliphatic carbocycles. The second kappa shape index (κ2) is 6.43. The Morgan fingerprint density at radius 1 is 1.19 bits per heavy atom. The van der Waals surface area contributed by atoms with E-state index in [0.29, 0.717) is 6.42 Å². The maximum absolute atomic E-state index is 12.5. The number of amides is 1. The number of nitrogens with two attached hydrogens (primary N) is 1. The fourth-order valence-electron chi connectivity index (χ4n) is 3.59. The van der Waals surface area contributed by atoms with Gasteiger partial charge in [0.25, 0.3) is 0 Å². The second-order valence-corrected chi connectivity index (χ2v) is 5.99. The van der Waals surface area contributed by atoms with E-state index in [1.54, 1.807) is 0 Å². The summed E-state index contributed by atoms with van der Waals surface area (Å²) in [6.07, 6.45) is 4.15. The van der Waals surface area contributed by atoms with Crippen LogP contribution < -0.4 is 5.73 Å². The topological polar surface area (TPSA) is 121 Å². The molecule has 0 bridgehead atoms. The van der Waals surface area contributed by atoms with Gasteiger partial charge in [0.15, 0.2) is 0 Å². The summed E-state index contributed by atoms with van der Waals surface area (Å²) in [5.41, 5.74) is 5.78. The Hall–Kier alpha value is -1.63. The highest BCUT2D eigenvalue weighted by atomic mass is 16.4. The fraction of sp³-hybridized carbons (Fsp3) is 0.786. The van der Waals surface area contributed by atoms with Crippen LogP contribution in [-0.4, -0.2) is 51.1 Å². The number of carboxylic acid groups (broad SMARTS) is 2. The zero-order chi connectivity index (χ0) is 15.6. The van der Waals surface area contributed by atoms with Crippen LogP contribution in [0.3, 0.4) is 0 Å². The predicted octanol–water partition coefficient (Wildman–Crippen LogP) is 0.423. The van der Waals surface area contributed by atoms with E-state index >= 15 is 0 Å². The molecule has 4 atom stereocenters. The van der Waals surface area contributed by atoms with Crippen molar-refractivity contribution < 1.29 is 24.6 Å². The lowest BCUT2D eigenvalue weighted by atomic mass is 9.84. The van der Waals surface area contributed by atoms with Gasteiger partial charge in [-0.3, -0.25) is 9.59 Å². The number of likely N-dealkylation sites (tertiary alicyclic amines) is 1. The minimum Gasteiger partial charge on any atom is -0.481 e. The van der Waals surface area contributed by atoms with Crippen molar-refractivity contribution in [1.29, 1.82) is 0 Å². The molecule has 4 N–H and O–H groups in total. The standard InChI is InChI=1S/C14H22N2O5/c15-9(5-6-12(17)18)13(19)16-10-4-2-1-3-8(10)7-11(16)14(20)21/h8-11H,1-7,15H2,(H,17,18)(H,20,21). The molecule has 0 spiro atoms. The maximum Gasteiger partial charge on any atom is 0.326 e. The van der Waals surface area contributed by atoms with Crippen LogP contribution >= 0.6 is 0 Å². The number of hydrogen-bond donors (Lipinski definition) is 3. The SMILES string of the molecule is NC(CCC(=O)O)C(=O)N1C(C(=O)O)CC2CCCCC21. The van der Waals surface area contributed by atoms with E-state index in [4.69, 9.17) is 10.8 Å². The molecule has 2 rings (SSSR count). The Morgan fingerprint density at radius 3 is 2.48 bits per heavy atom. The molecule has 1 aliphatic heterocycles. The van der Waals surface area contributed by atoms with Gasteiger partial charge in [-0.2, -0.15) is 0 Å². The molecule has 7 heteroatoms. The highest BCUT2D eigenvalue weighted by molar-refractivity contribution is 5.88. The molecule has 1 saturated carbocycles. The highest BCUT2D eigenvalue weighted by Gasteiger charge is 2.48. The van der Waals surface area contributed by atoms with Gasteiger partial charge >= 0.3 is 11.9 Å². The Balaban J connectivity index is 2.11. The van der Waals surface area contributed by atoms with Gasteiger partial charge in [-0.25, -0.2) is 4.79 Å². The van der Waals surface area contributed by atoms with Crippen LogP contribution in [0, 0.1) is 5.92 Å². The summed E-state index contributed by atoms with van der Waals surface area (Å²) in [5, 5.41) is 18.0. The van der Waals surface area contributed by atoms with Gasteiger partial charge < -0.3 is 20.8 Å². The van der Waals surface area contributed by atoms with E-state index in [1.807, 2.05) is 0 Å². The minimum atomic E-state index is -1.01. The van der Waals surface area contributed by atoms with Crippen molar-refractivity contribution in [3.63, 3.8) is 0 Å². The van der Waals surface area contributed by atoms with Gasteiger partial charge in [-0.15, -0.1) is 0 Å². The second-order valence-electron chi connectivity index (χ2n) is 5.99. The van der Waals surface area contributed by atoms with Crippen LogP contribution in [0.4, 0.5) is 0 Å². The molecular weight excluding hydrogens is 276 g/mol. The molecule has 1 heterocycles. The summed E-state index contributed by atoms with van der Waals surface area (Å²) < 4.78 is 0. The van der Waals surface area contributed by atoms with Crippen molar-refractivity contribution in [2.24, 2.45) is 11.7 Å². The molecule has 2 aliphatic rings. The average Bonchev–Trinajstić information content (AvgIpc) is 2.83. The van der Waals surface area contributed by atoms with Crippen LogP contribution in [0.25, 0.3) is 0 Å². The average molecular weight is 298 g/mol. The van der Waals surface area contributed by atoms with Crippen LogP contribution in [-0.2, 0) is 14.4 Å². The van der Waals surface area contributed by atoms with Crippen LogP contribution in [0.5, 0.6) is 0 Å². The van der Waals surface area contributed by atoms with Crippen molar-refractivity contribution in [3.05, 3.63) is 0 Å². The Bertz CT molecular complexity index is 439. The first-order chi connectivity index (χ1) is 9.91. The van der Waals surface area contributed by atoms with Crippen molar-refractivity contribution in [2.45, 2.75) is 63.1 Å². The lowest BCUT2D eigenvalue weighted by Gasteiger charge is -2.34. The molecule has 0 aromatic carbocycles. The van der Waals surface area contributed by atoms with E-state index in [1.165, 1.54) is 4.90 Å². The first-order valence-electron chi connectivity index (χ1n) is 7.44. The van der Waals surface area contributed by atoms with Crippen LogP contribution in [0.2, 0.25) is 0 Å². The normalized spacial score (nSPS) is 29.8. The molecule has 7 nitrogen and oxygen atoms in total. The predicted molar refractivity (Wildman–Crippen MR) is 73.5 cm³/mol. The summed E-state index contributed by atoms with van der Waals surface area (Å²) in [5.74, 6) is -2.19. The zero-order valence-corrected chi connectivity index (χ0v) is 11.9. The molecule has 0 aromatic heterocycles. The van der Waals surface area contributed by atoms with E-state index < -0.39 is 29.9 Å². The van der Waals surface area contributed by atoms with Gasteiger partial charge in [0.05, 0.1) is 6.04 Å². The minimum absolute atomic E-state index is 0.0361. The number of carbonyl (C=O) groups excluding carboxylic acids is 1. The van der Waals surface area contributed by atoms with Crippen molar-refractivity contribution >= 4 is 17.8 Å². The molecule has 21 heavy (non-hydrogen) atoms. The summed E-state index contributed by atoms with van der Waals surface area (Å²) in [7, 11) is 0. The van der Waals surface area contributed by atoms with Gasteiger partial charge in [0.1, 0.15) is 6.04 Å². The van der Waals surface area contributed by atoms with E-state index in [2.05, 4.69) is 0 Å². The fourth-order valence-corrected chi connectivity index (χ4v) is 3.59. The number of carbonyl (C=O) groups is 3. The molecule has 118 valence electrons. The van der Waals surface area contributed by atoms with E-state index in [-0.39, 0.29) is 24.8 Å². The smallest absolute Gasteiger partial charge is 0.326 e. The van der Waals surface area contributed by atoms with E-state index in [9.17, 15) is 19.5 Å². The molecule has 0 aromatic rings. The number of fused-ring (bicyclic) bond motifs is 1. The molecule has 0 radical (unpaired) electrons. The lowest BCUT2D eigenvalue weighted by molar-refractivity contribution is -0.150. The van der Waals surface area contributed by atoms with Crippen molar-refractivity contribution in [2.75, 3.05) is 0 Å². The lowest BCUT2D eigenvalue weighted by Crippen LogP contribution is -2.52. The number of rotatable bonds is 5. The molecule has 2 fully saturated rings. The monoisotopic (exact) mass is 298 g/mol. The molecule has 4 unspecified atom stereocenters. The van der Waals surface area contributed by atoms with Crippen LogP contribution in [0.15, 0.2) is 0 Å². The largest absolute Gasteiger partial charge is 0.481 e. The Kier molecular flexibility index (Phi) is 4.82. The zero-order valence-electron chi connectivity index (χ0n) is 11.9. The number of nitrogens with zero attached hydrogens (tertiary/aromatic N) is 1. The van der Waals surface area contributed by atoms with Gasteiger partial charge in [0.2, 0.25) is 5.91 Å². The first-order valence-corrected chi connectivity index (χ1v) is 7.44. The number of aliphatic carboxylic acids is 2. The number of hydrogen-bond acceptors (Lipinski definition) is 4.